The van der Waals surface area contributed by atoms with Gasteiger partial charge in [-0.15, -0.1) is 0 Å². The first-order valence-corrected chi connectivity index (χ1v) is 7.83. The number of hydrogen-bond donors (Lipinski definition) is 1. The van der Waals surface area contributed by atoms with E-state index in [1.165, 1.54) is 0 Å². The zero-order valence-electron chi connectivity index (χ0n) is 13.4. The van der Waals surface area contributed by atoms with E-state index in [0.717, 1.165) is 23.5 Å². The topological polar surface area (TPSA) is 55.6 Å². The largest absolute Gasteiger partial charge is 0.308 e. The van der Waals surface area contributed by atoms with Crippen LogP contribution in [-0.2, 0) is 6.54 Å². The zero-order valence-corrected chi connectivity index (χ0v) is 13.4. The average molecular weight is 307 g/mol. The van der Waals surface area contributed by atoms with E-state index in [-0.39, 0.29) is 6.04 Å². The molecule has 3 rings (SSSR count). The van der Waals surface area contributed by atoms with Gasteiger partial charge in [0.2, 0.25) is 0 Å². The lowest BCUT2D eigenvalue weighted by molar-refractivity contribution is 0.365. The van der Waals surface area contributed by atoms with Gasteiger partial charge in [-0.1, -0.05) is 30.3 Å². The molecular weight excluding hydrogens is 286 g/mol. The van der Waals surface area contributed by atoms with Crippen LogP contribution in [0.1, 0.15) is 25.5 Å². The highest BCUT2D eigenvalue weighted by atomic mass is 15.3. The first kappa shape index (κ1) is 15.4. The molecule has 0 radical (unpaired) electrons. The molecule has 3 aromatic rings. The molecule has 2 aromatic heterocycles. The van der Waals surface area contributed by atoms with E-state index in [4.69, 9.17) is 0 Å². The van der Waals surface area contributed by atoms with Crippen molar-refractivity contribution < 1.29 is 0 Å². The van der Waals surface area contributed by atoms with Crippen molar-refractivity contribution in [3.63, 3.8) is 0 Å². The fourth-order valence-corrected chi connectivity index (χ4v) is 2.38. The maximum Gasteiger partial charge on any atom is 0.159 e. The Hall–Kier alpha value is -2.53. The zero-order chi connectivity index (χ0) is 16.1. The van der Waals surface area contributed by atoms with Crippen LogP contribution in [0.2, 0.25) is 0 Å². The lowest BCUT2D eigenvalue weighted by atomic mass is 10.1. The highest BCUT2D eigenvalue weighted by Crippen LogP contribution is 2.14. The Morgan fingerprint density at radius 2 is 1.78 bits per heavy atom. The molecule has 0 saturated carbocycles. The van der Waals surface area contributed by atoms with Gasteiger partial charge in [0, 0.05) is 48.5 Å². The van der Waals surface area contributed by atoms with Crippen LogP contribution in [-0.4, -0.2) is 25.8 Å². The van der Waals surface area contributed by atoms with Crippen LogP contribution >= 0.6 is 0 Å². The number of aromatic nitrogens is 4. The molecule has 0 saturated heterocycles. The highest BCUT2D eigenvalue weighted by molar-refractivity contribution is 5.53. The minimum Gasteiger partial charge on any atom is -0.308 e. The van der Waals surface area contributed by atoms with Crippen molar-refractivity contribution in [3.05, 3.63) is 66.7 Å². The van der Waals surface area contributed by atoms with Gasteiger partial charge in [0.15, 0.2) is 5.82 Å². The third kappa shape index (κ3) is 3.81. The second-order valence-electron chi connectivity index (χ2n) is 5.68. The van der Waals surface area contributed by atoms with Gasteiger partial charge in [-0.05, 0) is 19.9 Å². The van der Waals surface area contributed by atoms with Gasteiger partial charge in [-0.25, -0.2) is 9.97 Å². The number of nitrogens with one attached hydrogen (secondary N) is 1. The molecule has 5 nitrogen and oxygen atoms in total. The predicted molar refractivity (Wildman–Crippen MR) is 90.7 cm³/mol. The van der Waals surface area contributed by atoms with E-state index in [9.17, 15) is 0 Å². The Balaban J connectivity index is 1.58. The van der Waals surface area contributed by atoms with Gasteiger partial charge < -0.3 is 5.32 Å². The summed E-state index contributed by atoms with van der Waals surface area (Å²) in [5.74, 6) is 0.757. The molecule has 5 heteroatoms. The average Bonchev–Trinajstić information content (AvgIpc) is 3.15. The molecule has 0 unspecified atom stereocenters. The van der Waals surface area contributed by atoms with Crippen molar-refractivity contribution in [3.8, 4) is 11.4 Å². The molecule has 1 N–H and O–H groups in total. The molecule has 118 valence electrons. The van der Waals surface area contributed by atoms with Gasteiger partial charge in [-0.2, -0.15) is 5.10 Å². The van der Waals surface area contributed by atoms with Gasteiger partial charge in [0.05, 0.1) is 6.04 Å². The minimum absolute atomic E-state index is 0.287. The highest BCUT2D eigenvalue weighted by Gasteiger charge is 2.13. The molecule has 0 aliphatic carbocycles. The van der Waals surface area contributed by atoms with Crippen LogP contribution in [0.15, 0.2) is 61.2 Å². The maximum absolute atomic E-state index is 4.45. The van der Waals surface area contributed by atoms with Crippen molar-refractivity contribution >= 4 is 0 Å². The van der Waals surface area contributed by atoms with Crippen LogP contribution in [0.5, 0.6) is 0 Å². The number of benzene rings is 1. The van der Waals surface area contributed by atoms with Crippen molar-refractivity contribution in [1.82, 2.24) is 25.1 Å². The van der Waals surface area contributed by atoms with Crippen molar-refractivity contribution in [2.24, 2.45) is 0 Å². The Morgan fingerprint density at radius 1 is 1.04 bits per heavy atom. The second kappa shape index (κ2) is 7.15. The second-order valence-corrected chi connectivity index (χ2v) is 5.68. The van der Waals surface area contributed by atoms with Crippen LogP contribution < -0.4 is 5.32 Å². The Labute approximate surface area is 136 Å². The molecule has 0 aliphatic rings. The minimum atomic E-state index is 0.287. The molecular formula is C18H21N5. The first-order chi connectivity index (χ1) is 11.2. The van der Waals surface area contributed by atoms with Crippen LogP contribution in [0, 0.1) is 0 Å². The summed E-state index contributed by atoms with van der Waals surface area (Å²) in [5.41, 5.74) is 2.11. The molecule has 0 amide bonds. The van der Waals surface area contributed by atoms with Gasteiger partial charge in [0.25, 0.3) is 0 Å². The van der Waals surface area contributed by atoms with Crippen molar-refractivity contribution in [2.45, 2.75) is 32.5 Å². The quantitative estimate of drug-likeness (QED) is 0.760. The summed E-state index contributed by atoms with van der Waals surface area (Å²) in [6, 6.07) is 12.5. The maximum atomic E-state index is 4.45. The third-order valence-electron chi connectivity index (χ3n) is 4.03. The number of rotatable bonds is 6. The fraction of sp³-hybridized carbons (Fsp3) is 0.278. The molecule has 23 heavy (non-hydrogen) atoms. The normalized spacial score (nSPS) is 13.7. The molecule has 0 aliphatic heterocycles. The van der Waals surface area contributed by atoms with Crippen molar-refractivity contribution in [2.75, 3.05) is 0 Å². The van der Waals surface area contributed by atoms with Gasteiger partial charge in [-0.3, -0.25) is 4.68 Å². The van der Waals surface area contributed by atoms with E-state index in [0.29, 0.717) is 6.04 Å². The van der Waals surface area contributed by atoms with E-state index < -0.39 is 0 Å². The first-order valence-electron chi connectivity index (χ1n) is 7.83. The monoisotopic (exact) mass is 307 g/mol. The summed E-state index contributed by atoms with van der Waals surface area (Å²) in [4.78, 5) is 8.91. The predicted octanol–water partition coefficient (Wildman–Crippen LogP) is 3.08. The molecule has 0 bridgehead atoms. The molecule has 1 aromatic carbocycles. The van der Waals surface area contributed by atoms with Gasteiger partial charge >= 0.3 is 0 Å². The summed E-state index contributed by atoms with van der Waals surface area (Å²) < 4.78 is 1.96. The lowest BCUT2D eigenvalue weighted by Gasteiger charge is -2.21. The molecule has 0 fully saturated rings. The number of nitrogens with zero attached hydrogens (tertiary/aromatic N) is 4. The SMILES string of the molecule is C[C@H](NCc1cnc(-c2ccccc2)nc1)[C@@H](C)n1cccn1. The molecule has 2 heterocycles. The molecule has 2 atom stereocenters. The summed E-state index contributed by atoms with van der Waals surface area (Å²) in [6.07, 6.45) is 7.56. The van der Waals surface area contributed by atoms with Gasteiger partial charge in [0.1, 0.15) is 0 Å². The summed E-state index contributed by atoms with van der Waals surface area (Å²) in [5, 5.41) is 7.79. The summed E-state index contributed by atoms with van der Waals surface area (Å²) in [7, 11) is 0. The van der Waals surface area contributed by atoms with E-state index >= 15 is 0 Å². The molecule has 0 spiro atoms. The van der Waals surface area contributed by atoms with Crippen LogP contribution in [0.4, 0.5) is 0 Å². The van der Waals surface area contributed by atoms with E-state index in [1.54, 1.807) is 6.20 Å². The number of hydrogen-bond acceptors (Lipinski definition) is 4. The third-order valence-corrected chi connectivity index (χ3v) is 4.03. The summed E-state index contributed by atoms with van der Waals surface area (Å²) in [6.45, 7) is 5.05. The lowest BCUT2D eigenvalue weighted by Crippen LogP contribution is -2.33. The summed E-state index contributed by atoms with van der Waals surface area (Å²) >= 11 is 0. The van der Waals surface area contributed by atoms with E-state index in [1.807, 2.05) is 59.7 Å². The fourth-order valence-electron chi connectivity index (χ4n) is 2.38. The van der Waals surface area contributed by atoms with Crippen molar-refractivity contribution in [1.29, 1.82) is 0 Å². The Morgan fingerprint density at radius 3 is 2.43 bits per heavy atom. The van der Waals surface area contributed by atoms with Crippen LogP contribution in [0.3, 0.4) is 0 Å². The van der Waals surface area contributed by atoms with E-state index in [2.05, 4.69) is 34.2 Å². The standard InChI is InChI=1S/C18H21N5/c1-14(15(2)23-10-6-9-22-23)19-11-16-12-20-18(21-13-16)17-7-4-3-5-8-17/h3-10,12-15,19H,11H2,1-2H3/t14-,15+/m0/s1. The van der Waals surface area contributed by atoms with Crippen LogP contribution in [0.25, 0.3) is 11.4 Å². The Bertz CT molecular complexity index is 707. The smallest absolute Gasteiger partial charge is 0.159 e. The Kier molecular flexibility index (Phi) is 4.78.